The van der Waals surface area contributed by atoms with E-state index in [0.717, 1.165) is 30.7 Å². The van der Waals surface area contributed by atoms with Crippen LogP contribution in [0.15, 0.2) is 16.9 Å². The summed E-state index contributed by atoms with van der Waals surface area (Å²) in [5.74, 6) is -0.311. The van der Waals surface area contributed by atoms with Gasteiger partial charge in [-0.1, -0.05) is 0 Å². The van der Waals surface area contributed by atoms with Crippen molar-refractivity contribution in [1.29, 1.82) is 0 Å². The third-order valence-corrected chi connectivity index (χ3v) is 3.53. The van der Waals surface area contributed by atoms with Crippen molar-refractivity contribution in [3.8, 4) is 0 Å². The van der Waals surface area contributed by atoms with Crippen molar-refractivity contribution in [2.24, 2.45) is 7.05 Å². The Labute approximate surface area is 115 Å². The predicted molar refractivity (Wildman–Crippen MR) is 71.3 cm³/mol. The highest BCUT2D eigenvalue weighted by Crippen LogP contribution is 2.24. The monoisotopic (exact) mass is 273 g/mol. The molecule has 1 aliphatic rings. The first-order valence-corrected chi connectivity index (χ1v) is 6.52. The van der Waals surface area contributed by atoms with E-state index in [1.54, 1.807) is 0 Å². The molecule has 0 aromatic carbocycles. The van der Waals surface area contributed by atoms with Crippen molar-refractivity contribution in [2.75, 3.05) is 0 Å². The highest BCUT2D eigenvalue weighted by molar-refractivity contribution is 5.91. The number of aryl methyl sites for hydroxylation is 2. The van der Waals surface area contributed by atoms with Crippen LogP contribution in [-0.2, 0) is 26.4 Å². The van der Waals surface area contributed by atoms with Crippen LogP contribution in [0.3, 0.4) is 0 Å². The fourth-order valence-corrected chi connectivity index (χ4v) is 2.53. The lowest BCUT2D eigenvalue weighted by atomic mass is 10.2. The van der Waals surface area contributed by atoms with E-state index in [0.29, 0.717) is 6.54 Å². The largest absolute Gasteiger partial charge is 0.345 e. The van der Waals surface area contributed by atoms with Crippen LogP contribution in [0.4, 0.5) is 0 Å². The summed E-state index contributed by atoms with van der Waals surface area (Å²) in [6, 6.07) is 2.69. The van der Waals surface area contributed by atoms with Gasteiger partial charge in [0.15, 0.2) is 0 Å². The van der Waals surface area contributed by atoms with E-state index in [1.807, 2.05) is 11.7 Å². The van der Waals surface area contributed by atoms with Gasteiger partial charge in [0.05, 0.1) is 17.9 Å². The fourth-order valence-electron chi connectivity index (χ4n) is 2.53. The second-order valence-electron chi connectivity index (χ2n) is 4.84. The number of nitrogens with one attached hydrogen (secondary N) is 2. The molecule has 0 aliphatic heterocycles. The standard InChI is InChI=1S/C13H15N5O2/c1-18-11(8-3-2-4-9(8)17-18)7-14-13(20)10-5-6-12(19)16-15-10/h5-6H,2-4,7H2,1H3,(H,14,20)(H,16,19). The van der Waals surface area contributed by atoms with E-state index in [-0.39, 0.29) is 17.2 Å². The van der Waals surface area contributed by atoms with Gasteiger partial charge in [-0.15, -0.1) is 0 Å². The maximum atomic E-state index is 11.9. The lowest BCUT2D eigenvalue weighted by molar-refractivity contribution is 0.0944. The molecule has 2 aromatic heterocycles. The summed E-state index contributed by atoms with van der Waals surface area (Å²) in [6.07, 6.45) is 3.16. The number of rotatable bonds is 3. The van der Waals surface area contributed by atoms with Crippen LogP contribution in [0.1, 0.15) is 33.9 Å². The number of amides is 1. The molecular weight excluding hydrogens is 258 g/mol. The number of fused-ring (bicyclic) bond motifs is 1. The Morgan fingerprint density at radius 3 is 3.05 bits per heavy atom. The maximum Gasteiger partial charge on any atom is 0.272 e. The molecule has 104 valence electrons. The molecule has 0 unspecified atom stereocenters. The maximum absolute atomic E-state index is 11.9. The lowest BCUT2D eigenvalue weighted by Crippen LogP contribution is -2.26. The Hall–Kier alpha value is -2.44. The molecule has 0 atom stereocenters. The van der Waals surface area contributed by atoms with E-state index in [4.69, 9.17) is 0 Å². The number of aromatic amines is 1. The molecule has 1 aliphatic carbocycles. The average Bonchev–Trinajstić information content (AvgIpc) is 2.98. The Morgan fingerprint density at radius 1 is 1.45 bits per heavy atom. The summed E-state index contributed by atoms with van der Waals surface area (Å²) in [5, 5.41) is 13.2. The summed E-state index contributed by atoms with van der Waals surface area (Å²) < 4.78 is 1.82. The normalized spacial score (nSPS) is 13.2. The van der Waals surface area contributed by atoms with Crippen LogP contribution in [0.5, 0.6) is 0 Å². The minimum Gasteiger partial charge on any atom is -0.345 e. The van der Waals surface area contributed by atoms with Gasteiger partial charge < -0.3 is 5.32 Å². The highest BCUT2D eigenvalue weighted by Gasteiger charge is 2.21. The fraction of sp³-hybridized carbons (Fsp3) is 0.385. The molecule has 1 amide bonds. The first-order valence-electron chi connectivity index (χ1n) is 6.52. The van der Waals surface area contributed by atoms with Crippen LogP contribution in [0.2, 0.25) is 0 Å². The minimum absolute atomic E-state index is 0.198. The number of hydrogen-bond acceptors (Lipinski definition) is 4. The molecule has 0 saturated heterocycles. The number of nitrogens with zero attached hydrogens (tertiary/aromatic N) is 3. The second kappa shape index (κ2) is 4.92. The first-order chi connectivity index (χ1) is 9.65. The summed E-state index contributed by atoms with van der Waals surface area (Å²) in [5.41, 5.74) is 3.30. The molecule has 7 nitrogen and oxygen atoms in total. The molecule has 0 spiro atoms. The molecule has 0 saturated carbocycles. The van der Waals surface area contributed by atoms with E-state index >= 15 is 0 Å². The topological polar surface area (TPSA) is 92.7 Å². The Bertz CT molecular complexity index is 696. The van der Waals surface area contributed by atoms with E-state index in [1.165, 1.54) is 17.7 Å². The SMILES string of the molecule is Cn1nc2c(c1CNC(=O)c1ccc(=O)[nH]n1)CCC2. The van der Waals surface area contributed by atoms with E-state index in [2.05, 4.69) is 20.6 Å². The number of H-pyrrole nitrogens is 1. The van der Waals surface area contributed by atoms with E-state index in [9.17, 15) is 9.59 Å². The van der Waals surface area contributed by atoms with Gasteiger partial charge in [0.1, 0.15) is 5.69 Å². The van der Waals surface area contributed by atoms with Gasteiger partial charge in [0.25, 0.3) is 11.5 Å². The molecule has 0 bridgehead atoms. The van der Waals surface area contributed by atoms with Crippen molar-refractivity contribution < 1.29 is 4.79 Å². The van der Waals surface area contributed by atoms with Crippen molar-refractivity contribution in [2.45, 2.75) is 25.8 Å². The average molecular weight is 273 g/mol. The van der Waals surface area contributed by atoms with Gasteiger partial charge >= 0.3 is 0 Å². The van der Waals surface area contributed by atoms with Crippen LogP contribution in [-0.4, -0.2) is 25.9 Å². The van der Waals surface area contributed by atoms with Crippen LogP contribution < -0.4 is 10.9 Å². The van der Waals surface area contributed by atoms with Gasteiger partial charge in [-0.3, -0.25) is 14.3 Å². The first kappa shape index (κ1) is 12.6. The quantitative estimate of drug-likeness (QED) is 0.818. The van der Waals surface area contributed by atoms with Gasteiger partial charge in [0.2, 0.25) is 0 Å². The van der Waals surface area contributed by atoms with Gasteiger partial charge in [-0.25, -0.2) is 5.10 Å². The van der Waals surface area contributed by atoms with E-state index < -0.39 is 0 Å². The molecule has 2 aromatic rings. The molecule has 2 heterocycles. The van der Waals surface area contributed by atoms with Crippen molar-refractivity contribution >= 4 is 5.91 Å². The third kappa shape index (κ3) is 2.22. The smallest absolute Gasteiger partial charge is 0.272 e. The Kier molecular flexibility index (Phi) is 3.09. The van der Waals surface area contributed by atoms with Crippen molar-refractivity contribution in [3.63, 3.8) is 0 Å². The molecule has 20 heavy (non-hydrogen) atoms. The Balaban J connectivity index is 1.72. The molecule has 0 radical (unpaired) electrons. The summed E-state index contributed by atoms with van der Waals surface area (Å²) >= 11 is 0. The molecule has 3 rings (SSSR count). The minimum atomic E-state index is -0.328. The summed E-state index contributed by atoms with van der Waals surface area (Å²) in [6.45, 7) is 0.415. The number of carbonyl (C=O) groups is 1. The molecular formula is C13H15N5O2. The van der Waals surface area contributed by atoms with Crippen LogP contribution >= 0.6 is 0 Å². The predicted octanol–water partition coefficient (Wildman–Crippen LogP) is -0.0779. The number of aromatic nitrogens is 4. The highest BCUT2D eigenvalue weighted by atomic mass is 16.2. The molecule has 7 heteroatoms. The van der Waals surface area contributed by atoms with Crippen LogP contribution in [0.25, 0.3) is 0 Å². The van der Waals surface area contributed by atoms with Gasteiger partial charge in [0, 0.05) is 13.1 Å². The zero-order valence-electron chi connectivity index (χ0n) is 11.1. The van der Waals surface area contributed by atoms with Gasteiger partial charge in [-0.05, 0) is 30.9 Å². The van der Waals surface area contributed by atoms with Crippen molar-refractivity contribution in [1.82, 2.24) is 25.3 Å². The molecule has 2 N–H and O–H groups in total. The van der Waals surface area contributed by atoms with Gasteiger partial charge in [-0.2, -0.15) is 10.2 Å². The van der Waals surface area contributed by atoms with Crippen LogP contribution in [0, 0.1) is 0 Å². The molecule has 0 fully saturated rings. The van der Waals surface area contributed by atoms with Crippen molar-refractivity contribution in [3.05, 3.63) is 45.1 Å². The Morgan fingerprint density at radius 2 is 2.30 bits per heavy atom. The summed E-state index contributed by atoms with van der Waals surface area (Å²) in [7, 11) is 1.89. The zero-order valence-corrected chi connectivity index (χ0v) is 11.1. The zero-order chi connectivity index (χ0) is 14.1. The number of hydrogen-bond donors (Lipinski definition) is 2. The lowest BCUT2D eigenvalue weighted by Gasteiger charge is -2.07. The number of carbonyl (C=O) groups excluding carboxylic acids is 1. The third-order valence-electron chi connectivity index (χ3n) is 3.53. The summed E-state index contributed by atoms with van der Waals surface area (Å²) in [4.78, 5) is 22.8. The second-order valence-corrected chi connectivity index (χ2v) is 4.84.